The Kier molecular flexibility index (Phi) is 3.56. The first kappa shape index (κ1) is 8.71. The zero-order valence-electron chi connectivity index (χ0n) is 6.58. The first-order valence-corrected chi connectivity index (χ1v) is 4.62. The van der Waals surface area contributed by atoms with Gasteiger partial charge in [-0.05, 0) is 29.3 Å². The Morgan fingerprint density at radius 3 is 3.09 bits per heavy atom. The number of hydrogen-bond donors (Lipinski definition) is 2. The van der Waals surface area contributed by atoms with Gasteiger partial charge in [0.2, 0.25) is 0 Å². The Morgan fingerprint density at radius 2 is 2.55 bits per heavy atom. The molecule has 62 valence electrons. The monoisotopic (exact) mass is 171 g/mol. The first-order chi connectivity index (χ1) is 5.33. The minimum absolute atomic E-state index is 0.190. The fourth-order valence-corrected chi connectivity index (χ4v) is 1.42. The summed E-state index contributed by atoms with van der Waals surface area (Å²) >= 11 is 1.70. The fourth-order valence-electron chi connectivity index (χ4n) is 0.750. The molecule has 0 saturated carbocycles. The maximum absolute atomic E-state index is 8.70. The molecule has 2 nitrogen and oxygen atoms in total. The Balaban J connectivity index is 2.23. The Morgan fingerprint density at radius 1 is 1.73 bits per heavy atom. The van der Waals surface area contributed by atoms with Crippen molar-refractivity contribution in [3.63, 3.8) is 0 Å². The molecule has 2 N–H and O–H groups in total. The summed E-state index contributed by atoms with van der Waals surface area (Å²) in [5, 5.41) is 16.1. The van der Waals surface area contributed by atoms with Gasteiger partial charge in [0.1, 0.15) is 0 Å². The maximum atomic E-state index is 8.70. The second-order valence-corrected chi connectivity index (χ2v) is 3.38. The highest BCUT2D eigenvalue weighted by Gasteiger charge is 1.98. The van der Waals surface area contributed by atoms with Crippen LogP contribution in [0.2, 0.25) is 0 Å². The minimum Gasteiger partial charge on any atom is -0.395 e. The fraction of sp³-hybridized carbons (Fsp3) is 0.500. The molecule has 0 aliphatic heterocycles. The molecule has 1 unspecified atom stereocenters. The molecular weight excluding hydrogens is 158 g/mol. The van der Waals surface area contributed by atoms with Gasteiger partial charge in [0.25, 0.3) is 0 Å². The van der Waals surface area contributed by atoms with E-state index < -0.39 is 0 Å². The van der Waals surface area contributed by atoms with Gasteiger partial charge in [-0.3, -0.25) is 0 Å². The largest absolute Gasteiger partial charge is 0.395 e. The third-order valence-electron chi connectivity index (χ3n) is 1.51. The second-order valence-electron chi connectivity index (χ2n) is 2.60. The summed E-state index contributed by atoms with van der Waals surface area (Å²) in [5.41, 5.74) is 1.29. The molecule has 1 atom stereocenters. The molecule has 1 aromatic rings. The predicted octanol–water partition coefficient (Wildman–Crippen LogP) is 1.22. The van der Waals surface area contributed by atoms with Crippen molar-refractivity contribution < 1.29 is 5.11 Å². The van der Waals surface area contributed by atoms with E-state index in [0.29, 0.717) is 0 Å². The smallest absolute Gasteiger partial charge is 0.0582 e. The van der Waals surface area contributed by atoms with Crippen molar-refractivity contribution in [2.45, 2.75) is 19.5 Å². The Bertz CT molecular complexity index is 186. The predicted molar refractivity (Wildman–Crippen MR) is 47.7 cm³/mol. The molecule has 0 saturated heterocycles. The van der Waals surface area contributed by atoms with Gasteiger partial charge in [0, 0.05) is 12.6 Å². The minimum atomic E-state index is 0.190. The Labute approximate surface area is 70.9 Å². The lowest BCUT2D eigenvalue weighted by molar-refractivity contribution is 0.251. The van der Waals surface area contributed by atoms with Crippen molar-refractivity contribution in [2.24, 2.45) is 0 Å². The summed E-state index contributed by atoms with van der Waals surface area (Å²) in [6.07, 6.45) is 0. The van der Waals surface area contributed by atoms with E-state index in [9.17, 15) is 0 Å². The number of thiophene rings is 1. The molecule has 3 heteroatoms. The second kappa shape index (κ2) is 4.49. The lowest BCUT2D eigenvalue weighted by Crippen LogP contribution is -2.28. The summed E-state index contributed by atoms with van der Waals surface area (Å²) in [7, 11) is 0. The molecule has 1 rings (SSSR count). The zero-order valence-corrected chi connectivity index (χ0v) is 7.40. The molecule has 1 aromatic heterocycles. The molecule has 0 aliphatic carbocycles. The van der Waals surface area contributed by atoms with Crippen molar-refractivity contribution in [3.05, 3.63) is 22.4 Å². The van der Waals surface area contributed by atoms with E-state index in [-0.39, 0.29) is 12.6 Å². The lowest BCUT2D eigenvalue weighted by atomic mass is 10.3. The summed E-state index contributed by atoms with van der Waals surface area (Å²) in [5.74, 6) is 0. The molecule has 0 aliphatic rings. The van der Waals surface area contributed by atoms with Gasteiger partial charge >= 0.3 is 0 Å². The summed E-state index contributed by atoms with van der Waals surface area (Å²) in [6.45, 7) is 3.02. The Hall–Kier alpha value is -0.380. The highest BCUT2D eigenvalue weighted by atomic mass is 32.1. The van der Waals surface area contributed by atoms with Crippen molar-refractivity contribution in [1.82, 2.24) is 5.32 Å². The van der Waals surface area contributed by atoms with E-state index in [4.69, 9.17) is 5.11 Å². The van der Waals surface area contributed by atoms with Crippen LogP contribution < -0.4 is 5.32 Å². The van der Waals surface area contributed by atoms with Gasteiger partial charge in [0.15, 0.2) is 0 Å². The van der Waals surface area contributed by atoms with Gasteiger partial charge < -0.3 is 10.4 Å². The number of rotatable bonds is 4. The highest BCUT2D eigenvalue weighted by Crippen LogP contribution is 2.04. The van der Waals surface area contributed by atoms with Crippen LogP contribution in [0.4, 0.5) is 0 Å². The lowest BCUT2D eigenvalue weighted by Gasteiger charge is -2.08. The van der Waals surface area contributed by atoms with E-state index >= 15 is 0 Å². The van der Waals surface area contributed by atoms with E-state index in [1.54, 1.807) is 11.3 Å². The van der Waals surface area contributed by atoms with Crippen LogP contribution in [0.5, 0.6) is 0 Å². The van der Waals surface area contributed by atoms with Crippen molar-refractivity contribution >= 4 is 11.3 Å². The number of hydrogen-bond acceptors (Lipinski definition) is 3. The van der Waals surface area contributed by atoms with Gasteiger partial charge in [0.05, 0.1) is 6.61 Å². The van der Waals surface area contributed by atoms with E-state index in [1.165, 1.54) is 5.56 Å². The molecule has 0 amide bonds. The van der Waals surface area contributed by atoms with Crippen molar-refractivity contribution in [2.75, 3.05) is 6.61 Å². The zero-order chi connectivity index (χ0) is 8.10. The van der Waals surface area contributed by atoms with Crippen LogP contribution in [-0.4, -0.2) is 17.8 Å². The van der Waals surface area contributed by atoms with Crippen LogP contribution in [0.3, 0.4) is 0 Å². The normalized spacial score (nSPS) is 13.3. The van der Waals surface area contributed by atoms with E-state index in [1.807, 2.05) is 6.92 Å². The average Bonchev–Trinajstić information content (AvgIpc) is 2.52. The maximum Gasteiger partial charge on any atom is 0.0582 e. The molecule has 0 aromatic carbocycles. The average molecular weight is 171 g/mol. The van der Waals surface area contributed by atoms with Crippen molar-refractivity contribution in [1.29, 1.82) is 0 Å². The van der Waals surface area contributed by atoms with E-state index in [0.717, 1.165) is 6.54 Å². The molecule has 0 radical (unpaired) electrons. The molecule has 0 spiro atoms. The van der Waals surface area contributed by atoms with Crippen LogP contribution in [0.25, 0.3) is 0 Å². The molecule has 11 heavy (non-hydrogen) atoms. The quantitative estimate of drug-likeness (QED) is 0.714. The van der Waals surface area contributed by atoms with Crippen LogP contribution in [-0.2, 0) is 6.54 Å². The van der Waals surface area contributed by atoms with Crippen molar-refractivity contribution in [3.8, 4) is 0 Å². The van der Waals surface area contributed by atoms with Gasteiger partial charge in [-0.1, -0.05) is 0 Å². The van der Waals surface area contributed by atoms with Crippen LogP contribution >= 0.6 is 11.3 Å². The van der Waals surface area contributed by atoms with Crippen LogP contribution in [0.15, 0.2) is 16.8 Å². The number of nitrogens with one attached hydrogen (secondary N) is 1. The van der Waals surface area contributed by atoms with E-state index in [2.05, 4.69) is 22.1 Å². The van der Waals surface area contributed by atoms with Gasteiger partial charge in [-0.25, -0.2) is 0 Å². The molecule has 0 bridgehead atoms. The topological polar surface area (TPSA) is 32.3 Å². The summed E-state index contributed by atoms with van der Waals surface area (Å²) in [4.78, 5) is 0. The summed E-state index contributed by atoms with van der Waals surface area (Å²) < 4.78 is 0. The summed E-state index contributed by atoms with van der Waals surface area (Å²) in [6, 6.07) is 2.27. The van der Waals surface area contributed by atoms with Gasteiger partial charge in [-0.15, -0.1) is 0 Å². The highest BCUT2D eigenvalue weighted by molar-refractivity contribution is 7.07. The standard InChI is InChI=1S/C8H13NOS/c1-7(5-10)9-4-8-2-3-11-6-8/h2-3,6-7,9-10H,4-5H2,1H3. The number of aliphatic hydroxyl groups is 1. The number of aliphatic hydroxyl groups excluding tert-OH is 1. The van der Waals surface area contributed by atoms with Gasteiger partial charge in [-0.2, -0.15) is 11.3 Å². The molecule has 1 heterocycles. The van der Waals surface area contributed by atoms with Crippen LogP contribution in [0, 0.1) is 0 Å². The third kappa shape index (κ3) is 3.01. The third-order valence-corrected chi connectivity index (χ3v) is 2.24. The van der Waals surface area contributed by atoms with Crippen LogP contribution in [0.1, 0.15) is 12.5 Å². The molecular formula is C8H13NOS. The SMILES string of the molecule is CC(CO)NCc1ccsc1. The first-order valence-electron chi connectivity index (χ1n) is 3.68. The molecule has 0 fully saturated rings.